The minimum absolute atomic E-state index is 0.297. The predicted molar refractivity (Wildman–Crippen MR) is 161 cm³/mol. The van der Waals surface area contributed by atoms with Crippen LogP contribution in [0.5, 0.6) is 0 Å². The quantitative estimate of drug-likeness (QED) is 0.386. The highest BCUT2D eigenvalue weighted by atomic mass is 14.7. The number of benzene rings is 2. The maximum absolute atomic E-state index is 2.74. The molecule has 5 rings (SSSR count). The Bertz CT molecular complexity index is 1160. The average Bonchev–Trinajstić information content (AvgIpc) is 2.84. The van der Waals surface area contributed by atoms with Crippen LogP contribution in [0.4, 0.5) is 0 Å². The van der Waals surface area contributed by atoms with Crippen molar-refractivity contribution in [1.82, 2.24) is 0 Å². The molecular formula is C37H54. The van der Waals surface area contributed by atoms with Crippen molar-refractivity contribution in [3.63, 3.8) is 0 Å². The molecule has 37 heavy (non-hydrogen) atoms. The Labute approximate surface area is 229 Å². The van der Waals surface area contributed by atoms with Crippen molar-refractivity contribution in [1.29, 1.82) is 0 Å². The third-order valence-corrected chi connectivity index (χ3v) is 14.0. The van der Waals surface area contributed by atoms with Crippen LogP contribution in [0.15, 0.2) is 42.5 Å². The molecule has 0 aliphatic heterocycles. The largest absolute Gasteiger partial charge is 0.0625 e. The van der Waals surface area contributed by atoms with Crippen LogP contribution in [0.25, 0.3) is 11.1 Å². The minimum atomic E-state index is 0.297. The number of rotatable bonds is 2. The molecule has 0 nitrogen and oxygen atoms in total. The summed E-state index contributed by atoms with van der Waals surface area (Å²) >= 11 is 0. The number of fused-ring (bicyclic) bond motifs is 3. The highest BCUT2D eigenvalue weighted by Crippen LogP contribution is 2.77. The molecule has 0 saturated heterocycles. The molecule has 2 fully saturated rings. The molecule has 2 aromatic rings. The van der Waals surface area contributed by atoms with E-state index in [-0.39, 0.29) is 0 Å². The van der Waals surface area contributed by atoms with E-state index < -0.39 is 0 Å². The average molecular weight is 499 g/mol. The molecule has 0 spiro atoms. The molecule has 2 aromatic carbocycles. The van der Waals surface area contributed by atoms with Crippen molar-refractivity contribution in [2.75, 3.05) is 0 Å². The normalized spacial score (nSPS) is 45.2. The van der Waals surface area contributed by atoms with Gasteiger partial charge in [0, 0.05) is 0 Å². The van der Waals surface area contributed by atoms with Crippen LogP contribution in [0, 0.1) is 64.6 Å². The maximum atomic E-state index is 2.74. The van der Waals surface area contributed by atoms with E-state index in [2.05, 4.69) is 126 Å². The molecular weight excluding hydrogens is 444 g/mol. The van der Waals surface area contributed by atoms with E-state index in [1.54, 1.807) is 11.1 Å². The van der Waals surface area contributed by atoms with Gasteiger partial charge in [0.25, 0.3) is 0 Å². The summed E-state index contributed by atoms with van der Waals surface area (Å²) in [6.45, 7) is 31.3. The van der Waals surface area contributed by atoms with Crippen molar-refractivity contribution in [2.24, 2.45) is 57.7 Å². The van der Waals surface area contributed by atoms with Gasteiger partial charge in [-0.1, -0.05) is 119 Å². The lowest BCUT2D eigenvalue weighted by molar-refractivity contribution is -0.254. The second kappa shape index (κ2) is 8.72. The maximum Gasteiger partial charge on any atom is -0.0128 e. The first kappa shape index (κ1) is 27.0. The molecule has 3 aliphatic rings. The molecule has 11 atom stereocenters. The van der Waals surface area contributed by atoms with Gasteiger partial charge in [-0.3, -0.25) is 0 Å². The lowest BCUT2D eigenvalue weighted by atomic mass is 9.29. The van der Waals surface area contributed by atoms with Gasteiger partial charge in [-0.2, -0.15) is 0 Å². The summed E-state index contributed by atoms with van der Waals surface area (Å²) < 4.78 is 0. The zero-order valence-electron chi connectivity index (χ0n) is 25.9. The van der Waals surface area contributed by atoms with Gasteiger partial charge in [-0.25, -0.2) is 0 Å². The molecule has 0 radical (unpaired) electrons. The Morgan fingerprint density at radius 3 is 2.03 bits per heavy atom. The monoisotopic (exact) mass is 498 g/mol. The van der Waals surface area contributed by atoms with Crippen LogP contribution >= 0.6 is 0 Å². The van der Waals surface area contributed by atoms with E-state index >= 15 is 0 Å². The van der Waals surface area contributed by atoms with Gasteiger partial charge in [-0.15, -0.1) is 0 Å². The lowest BCUT2D eigenvalue weighted by Gasteiger charge is -2.75. The molecule has 0 aromatic heterocycles. The van der Waals surface area contributed by atoms with Gasteiger partial charge in [0.1, 0.15) is 0 Å². The van der Waals surface area contributed by atoms with Crippen LogP contribution < -0.4 is 0 Å². The highest BCUT2D eigenvalue weighted by molar-refractivity contribution is 5.70. The standard InChI is InChI=1S/C37H54/c1-21(2)32-22(3)20-35(10)28(9)36(11)25(6)31-19-18-30(29-16-14-13-15-17-29)23(4)33(31)24(5)34(36)27(8)37(35,12)26(32)7/h13-19,21-22,24-28,32,34H,20H2,1-12H3. The van der Waals surface area contributed by atoms with Crippen LogP contribution in [0.3, 0.4) is 0 Å². The molecule has 0 heteroatoms. The number of hydrogen-bond donors (Lipinski definition) is 0. The summed E-state index contributed by atoms with van der Waals surface area (Å²) in [4.78, 5) is 0. The van der Waals surface area contributed by atoms with Crippen LogP contribution in [-0.4, -0.2) is 0 Å². The summed E-state index contributed by atoms with van der Waals surface area (Å²) in [6.07, 6.45) is 1.38. The Hall–Kier alpha value is -1.56. The zero-order valence-corrected chi connectivity index (χ0v) is 25.9. The SMILES string of the molecule is Cc1c(-c2ccccc2)ccc2c1C(C)C1C(C)C3(C)C(C)C(C(C)C)C(C)CC3(C)C(C)C1(C)C2C. The lowest BCUT2D eigenvalue weighted by Crippen LogP contribution is -2.69. The van der Waals surface area contributed by atoms with Gasteiger partial charge < -0.3 is 0 Å². The molecule has 0 N–H and O–H groups in total. The Balaban J connectivity index is 1.71. The predicted octanol–water partition coefficient (Wildman–Crippen LogP) is 10.8. The van der Waals surface area contributed by atoms with Crippen molar-refractivity contribution in [3.8, 4) is 11.1 Å². The fraction of sp³-hybridized carbons (Fsp3) is 0.676. The first-order valence-electron chi connectivity index (χ1n) is 15.4. The summed E-state index contributed by atoms with van der Waals surface area (Å²) in [6, 6.07) is 16.0. The van der Waals surface area contributed by atoms with E-state index in [4.69, 9.17) is 0 Å². The fourth-order valence-corrected chi connectivity index (χ4v) is 11.9. The van der Waals surface area contributed by atoms with Gasteiger partial charge >= 0.3 is 0 Å². The molecule has 202 valence electrons. The summed E-state index contributed by atoms with van der Waals surface area (Å²) in [5.41, 5.74) is 8.59. The first-order valence-corrected chi connectivity index (χ1v) is 15.4. The van der Waals surface area contributed by atoms with Crippen molar-refractivity contribution >= 4 is 0 Å². The molecule has 0 heterocycles. The van der Waals surface area contributed by atoms with Crippen LogP contribution in [0.1, 0.15) is 111 Å². The fourth-order valence-electron chi connectivity index (χ4n) is 11.9. The van der Waals surface area contributed by atoms with E-state index in [1.165, 1.54) is 23.1 Å². The van der Waals surface area contributed by atoms with Gasteiger partial charge in [0.15, 0.2) is 0 Å². The topological polar surface area (TPSA) is 0 Å². The minimum Gasteiger partial charge on any atom is -0.0625 e. The summed E-state index contributed by atoms with van der Waals surface area (Å²) in [5, 5.41) is 0. The van der Waals surface area contributed by atoms with Crippen LogP contribution in [-0.2, 0) is 0 Å². The van der Waals surface area contributed by atoms with Gasteiger partial charge in [-0.05, 0) is 111 Å². The second-order valence-corrected chi connectivity index (χ2v) is 15.0. The van der Waals surface area contributed by atoms with Crippen molar-refractivity contribution in [3.05, 3.63) is 59.2 Å². The Morgan fingerprint density at radius 2 is 1.43 bits per heavy atom. The first-order chi connectivity index (χ1) is 17.2. The van der Waals surface area contributed by atoms with E-state index in [0.717, 1.165) is 23.7 Å². The van der Waals surface area contributed by atoms with E-state index in [1.807, 2.05) is 0 Å². The van der Waals surface area contributed by atoms with Crippen LogP contribution in [0.2, 0.25) is 0 Å². The highest BCUT2D eigenvalue weighted by Gasteiger charge is 2.71. The smallest absolute Gasteiger partial charge is 0.0128 e. The Morgan fingerprint density at radius 1 is 0.811 bits per heavy atom. The molecule has 3 aliphatic carbocycles. The van der Waals surface area contributed by atoms with Crippen molar-refractivity contribution < 1.29 is 0 Å². The second-order valence-electron chi connectivity index (χ2n) is 15.0. The Kier molecular flexibility index (Phi) is 6.37. The van der Waals surface area contributed by atoms with Crippen molar-refractivity contribution in [2.45, 2.75) is 101 Å². The van der Waals surface area contributed by atoms with Gasteiger partial charge in [0.05, 0.1) is 0 Å². The summed E-state index contributed by atoms with van der Waals surface area (Å²) in [7, 11) is 0. The van der Waals surface area contributed by atoms with Gasteiger partial charge in [0.2, 0.25) is 0 Å². The molecule has 11 unspecified atom stereocenters. The zero-order chi connectivity index (χ0) is 27.2. The molecule has 0 bridgehead atoms. The third-order valence-electron chi connectivity index (χ3n) is 14.0. The van der Waals surface area contributed by atoms with E-state index in [0.29, 0.717) is 45.8 Å². The molecule has 2 saturated carbocycles. The third kappa shape index (κ3) is 3.26. The number of hydrogen-bond acceptors (Lipinski definition) is 0. The molecule has 0 amide bonds. The summed E-state index contributed by atoms with van der Waals surface area (Å²) in [5.74, 6) is 6.30. The van der Waals surface area contributed by atoms with E-state index in [9.17, 15) is 0 Å².